The summed E-state index contributed by atoms with van der Waals surface area (Å²) >= 11 is 1.31. The Balaban J connectivity index is 1.53. The van der Waals surface area contributed by atoms with Crippen molar-refractivity contribution in [2.75, 3.05) is 23.8 Å². The number of hydrogen-bond donors (Lipinski definition) is 2. The van der Waals surface area contributed by atoms with Crippen LogP contribution < -0.4 is 10.6 Å². The molecular formula is C20H20N4O3S. The zero-order chi connectivity index (χ0) is 19.7. The van der Waals surface area contributed by atoms with Crippen molar-refractivity contribution in [2.45, 2.75) is 26.2 Å². The molecule has 3 heterocycles. The molecule has 144 valence electrons. The Bertz CT molecular complexity index is 1060. The van der Waals surface area contributed by atoms with Gasteiger partial charge >= 0.3 is 5.97 Å². The van der Waals surface area contributed by atoms with Gasteiger partial charge < -0.3 is 15.4 Å². The first kappa shape index (κ1) is 18.4. The highest BCUT2D eigenvalue weighted by Gasteiger charge is 2.29. The van der Waals surface area contributed by atoms with Gasteiger partial charge in [-0.2, -0.15) is 0 Å². The third kappa shape index (κ3) is 3.20. The van der Waals surface area contributed by atoms with Gasteiger partial charge in [0.1, 0.15) is 21.9 Å². The number of aryl methyl sites for hydroxylation is 1. The second-order valence-corrected chi connectivity index (χ2v) is 7.52. The Morgan fingerprint density at radius 3 is 2.96 bits per heavy atom. The summed E-state index contributed by atoms with van der Waals surface area (Å²) in [6.07, 6.45) is 2.12. The van der Waals surface area contributed by atoms with Gasteiger partial charge in [-0.1, -0.05) is 18.2 Å². The van der Waals surface area contributed by atoms with Crippen molar-refractivity contribution in [3.05, 3.63) is 46.6 Å². The summed E-state index contributed by atoms with van der Waals surface area (Å²) in [4.78, 5) is 34.3. The number of hydrogen-bond acceptors (Lipinski definition) is 7. The van der Waals surface area contributed by atoms with E-state index in [0.717, 1.165) is 27.0 Å². The number of carbonyl (C=O) groups excluding carboxylic acids is 2. The van der Waals surface area contributed by atoms with Crippen LogP contribution in [0.3, 0.4) is 0 Å². The van der Waals surface area contributed by atoms with Gasteiger partial charge in [-0.15, -0.1) is 11.3 Å². The van der Waals surface area contributed by atoms with Crippen molar-refractivity contribution in [3.8, 4) is 0 Å². The normalized spacial score (nSPS) is 15.4. The van der Waals surface area contributed by atoms with Crippen molar-refractivity contribution < 1.29 is 14.3 Å². The van der Waals surface area contributed by atoms with E-state index in [-0.39, 0.29) is 17.8 Å². The number of anilines is 2. The van der Waals surface area contributed by atoms with Gasteiger partial charge in [-0.05, 0) is 37.5 Å². The molecule has 1 unspecified atom stereocenters. The van der Waals surface area contributed by atoms with Crippen molar-refractivity contribution in [1.29, 1.82) is 0 Å². The number of carbonyl (C=O) groups is 2. The first-order valence-electron chi connectivity index (χ1n) is 9.15. The number of thiophene rings is 1. The average Bonchev–Trinajstić information content (AvgIpc) is 3.19. The summed E-state index contributed by atoms with van der Waals surface area (Å²) in [6, 6.07) is 7.76. The van der Waals surface area contributed by atoms with Crippen LogP contribution in [0.2, 0.25) is 0 Å². The van der Waals surface area contributed by atoms with Crippen LogP contribution in [0.1, 0.15) is 40.1 Å². The fourth-order valence-corrected chi connectivity index (χ4v) is 4.54. The number of amides is 1. The minimum absolute atomic E-state index is 0.0205. The molecule has 1 aliphatic heterocycles. The summed E-state index contributed by atoms with van der Waals surface area (Å²) in [5.41, 5.74) is 2.72. The Kier molecular flexibility index (Phi) is 4.95. The van der Waals surface area contributed by atoms with Gasteiger partial charge in [0.2, 0.25) is 5.91 Å². The first-order chi connectivity index (χ1) is 13.6. The lowest BCUT2D eigenvalue weighted by atomic mass is 9.97. The van der Waals surface area contributed by atoms with Gasteiger partial charge in [0.15, 0.2) is 0 Å². The summed E-state index contributed by atoms with van der Waals surface area (Å²) < 4.78 is 5.13. The van der Waals surface area contributed by atoms with Crippen LogP contribution in [0.25, 0.3) is 10.2 Å². The SMILES string of the molecule is CCOC(=O)c1sc2ncnc(NCCC3C(=O)Nc4ccccc43)c2c1C. The van der Waals surface area contributed by atoms with Crippen LogP contribution in [0, 0.1) is 6.92 Å². The zero-order valence-electron chi connectivity index (χ0n) is 15.6. The lowest BCUT2D eigenvalue weighted by molar-refractivity contribution is -0.117. The molecule has 0 aliphatic carbocycles. The van der Waals surface area contributed by atoms with Crippen molar-refractivity contribution >= 4 is 44.9 Å². The summed E-state index contributed by atoms with van der Waals surface area (Å²) in [6.45, 7) is 4.56. The minimum Gasteiger partial charge on any atom is -0.462 e. The molecule has 2 aromatic heterocycles. The van der Waals surface area contributed by atoms with E-state index in [2.05, 4.69) is 20.6 Å². The first-order valence-corrected chi connectivity index (χ1v) is 9.96. The van der Waals surface area contributed by atoms with Crippen molar-refractivity contribution in [3.63, 3.8) is 0 Å². The molecule has 0 radical (unpaired) electrons. The molecule has 0 spiro atoms. The summed E-state index contributed by atoms with van der Waals surface area (Å²) in [5.74, 6) is 0.168. The number of benzene rings is 1. The van der Waals surface area contributed by atoms with E-state index in [1.165, 1.54) is 17.7 Å². The van der Waals surface area contributed by atoms with Crippen LogP contribution in [0.5, 0.6) is 0 Å². The molecule has 2 N–H and O–H groups in total. The average molecular weight is 396 g/mol. The molecule has 28 heavy (non-hydrogen) atoms. The van der Waals surface area contributed by atoms with E-state index < -0.39 is 0 Å². The number of nitrogens with one attached hydrogen (secondary N) is 2. The highest BCUT2D eigenvalue weighted by molar-refractivity contribution is 7.20. The lowest BCUT2D eigenvalue weighted by Crippen LogP contribution is -2.16. The third-order valence-corrected chi connectivity index (χ3v) is 6.00. The zero-order valence-corrected chi connectivity index (χ0v) is 16.4. The molecule has 0 fully saturated rings. The molecule has 1 atom stereocenters. The quantitative estimate of drug-likeness (QED) is 0.617. The van der Waals surface area contributed by atoms with Crippen LogP contribution in [0.15, 0.2) is 30.6 Å². The number of ether oxygens (including phenoxy) is 1. The summed E-state index contributed by atoms with van der Waals surface area (Å²) in [7, 11) is 0. The highest BCUT2D eigenvalue weighted by Crippen LogP contribution is 2.36. The van der Waals surface area contributed by atoms with E-state index >= 15 is 0 Å². The molecule has 1 amide bonds. The molecular weight excluding hydrogens is 376 g/mol. The minimum atomic E-state index is -0.340. The van der Waals surface area contributed by atoms with E-state index in [0.29, 0.717) is 30.3 Å². The van der Waals surface area contributed by atoms with Gasteiger partial charge in [0.05, 0.1) is 17.9 Å². The predicted octanol–water partition coefficient (Wildman–Crippen LogP) is 3.71. The molecule has 1 aliphatic rings. The monoisotopic (exact) mass is 396 g/mol. The standard InChI is InChI=1S/C20H20N4O3S/c1-3-27-20(26)16-11(2)15-17(22-10-23-19(15)28-16)21-9-8-13-12-6-4-5-7-14(12)24-18(13)25/h4-7,10,13H,3,8-9H2,1-2H3,(H,24,25)(H,21,22,23). The van der Waals surface area contributed by atoms with Crippen molar-refractivity contribution in [1.82, 2.24) is 9.97 Å². The molecule has 3 aromatic rings. The van der Waals surface area contributed by atoms with Gasteiger partial charge in [-0.25, -0.2) is 14.8 Å². The van der Waals surface area contributed by atoms with Gasteiger partial charge in [0, 0.05) is 12.2 Å². The molecule has 0 bridgehead atoms. The molecule has 7 nitrogen and oxygen atoms in total. The molecule has 1 aromatic carbocycles. The number of nitrogens with zero attached hydrogens (tertiary/aromatic N) is 2. The Morgan fingerprint density at radius 2 is 2.14 bits per heavy atom. The Labute approximate surface area is 166 Å². The van der Waals surface area contributed by atoms with Gasteiger partial charge in [-0.3, -0.25) is 4.79 Å². The van der Waals surface area contributed by atoms with E-state index in [1.807, 2.05) is 31.2 Å². The Hall–Kier alpha value is -3.00. The second kappa shape index (κ2) is 7.55. The topological polar surface area (TPSA) is 93.2 Å². The fraction of sp³-hybridized carbons (Fsp3) is 0.300. The van der Waals surface area contributed by atoms with Crippen LogP contribution in [-0.2, 0) is 9.53 Å². The number of fused-ring (bicyclic) bond motifs is 2. The van der Waals surface area contributed by atoms with Crippen molar-refractivity contribution in [2.24, 2.45) is 0 Å². The maximum atomic E-state index is 12.3. The van der Waals surface area contributed by atoms with Gasteiger partial charge in [0.25, 0.3) is 0 Å². The molecule has 0 saturated carbocycles. The lowest BCUT2D eigenvalue weighted by Gasteiger charge is -2.11. The van der Waals surface area contributed by atoms with E-state index in [1.54, 1.807) is 6.92 Å². The number of para-hydroxylation sites is 1. The van der Waals surface area contributed by atoms with Crippen LogP contribution >= 0.6 is 11.3 Å². The molecule has 8 heteroatoms. The predicted molar refractivity (Wildman–Crippen MR) is 109 cm³/mol. The second-order valence-electron chi connectivity index (χ2n) is 6.52. The molecule has 0 saturated heterocycles. The van der Waals surface area contributed by atoms with Crippen LogP contribution in [-0.4, -0.2) is 35.0 Å². The number of rotatable bonds is 6. The van der Waals surface area contributed by atoms with E-state index in [4.69, 9.17) is 4.74 Å². The Morgan fingerprint density at radius 1 is 1.32 bits per heavy atom. The number of aromatic nitrogens is 2. The fourth-order valence-electron chi connectivity index (χ4n) is 3.49. The molecule has 4 rings (SSSR count). The third-order valence-electron chi connectivity index (χ3n) is 4.82. The largest absolute Gasteiger partial charge is 0.462 e. The maximum Gasteiger partial charge on any atom is 0.348 e. The smallest absolute Gasteiger partial charge is 0.348 e. The highest BCUT2D eigenvalue weighted by atomic mass is 32.1. The maximum absolute atomic E-state index is 12.3. The van der Waals surface area contributed by atoms with Crippen LogP contribution in [0.4, 0.5) is 11.5 Å². The number of esters is 1. The van der Waals surface area contributed by atoms with E-state index in [9.17, 15) is 9.59 Å². The summed E-state index contributed by atoms with van der Waals surface area (Å²) in [5, 5.41) is 7.06.